The number of benzene rings is 1. The Labute approximate surface area is 154 Å². The number of hydrogen-bond donors (Lipinski definition) is 0. The van der Waals surface area contributed by atoms with Gasteiger partial charge in [-0.2, -0.15) is 31.4 Å². The molecule has 0 atom stereocenters. The molecule has 0 unspecified atom stereocenters. The van der Waals surface area contributed by atoms with Crippen LogP contribution in [0.4, 0.5) is 26.3 Å². The van der Waals surface area contributed by atoms with Gasteiger partial charge in [0.2, 0.25) is 0 Å². The monoisotopic (exact) mass is 410 g/mol. The first-order chi connectivity index (χ1) is 12.7. The average molecular weight is 410 g/mol. The van der Waals surface area contributed by atoms with Crippen LogP contribution in [0, 0.1) is 0 Å². The van der Waals surface area contributed by atoms with Crippen molar-refractivity contribution in [3.05, 3.63) is 39.8 Å². The molecule has 2 aromatic rings. The number of fused-ring (bicyclic) bond motifs is 1. The molecule has 0 radical (unpaired) electrons. The van der Waals surface area contributed by atoms with Crippen LogP contribution in [0.5, 0.6) is 0 Å². The van der Waals surface area contributed by atoms with E-state index < -0.39 is 57.9 Å². The van der Waals surface area contributed by atoms with Gasteiger partial charge in [0.25, 0.3) is 5.56 Å². The molecule has 0 N–H and O–H groups in total. The standard InChI is InChI=1S/C17H16F6N2O3/c1-4-28-12(26)8-25-14(27)10-6-5-9(16(18,19)20)7-11(10)13(24-25)15(2,3)17(21,22)23/h5-7H,4,8H2,1-3H3. The summed E-state index contributed by atoms with van der Waals surface area (Å²) in [6.45, 7) is 2.15. The zero-order valence-corrected chi connectivity index (χ0v) is 15.0. The molecule has 1 aromatic heterocycles. The first-order valence-electron chi connectivity index (χ1n) is 8.05. The molecule has 154 valence electrons. The third kappa shape index (κ3) is 3.97. The zero-order chi connectivity index (χ0) is 21.5. The summed E-state index contributed by atoms with van der Waals surface area (Å²) in [5.41, 5.74) is -5.72. The van der Waals surface area contributed by atoms with Gasteiger partial charge in [-0.3, -0.25) is 9.59 Å². The zero-order valence-electron chi connectivity index (χ0n) is 15.0. The minimum Gasteiger partial charge on any atom is -0.465 e. The SMILES string of the molecule is CCOC(=O)Cn1nc(C(C)(C)C(F)(F)F)c2cc(C(F)(F)F)ccc2c1=O. The lowest BCUT2D eigenvalue weighted by atomic mass is 9.85. The first-order valence-corrected chi connectivity index (χ1v) is 8.05. The Morgan fingerprint density at radius 1 is 1.11 bits per heavy atom. The predicted octanol–water partition coefficient (Wildman–Crippen LogP) is 3.82. The van der Waals surface area contributed by atoms with Crippen molar-refractivity contribution >= 4 is 16.7 Å². The first kappa shape index (κ1) is 21.7. The molecule has 0 aliphatic heterocycles. The second-order valence-electron chi connectivity index (χ2n) is 6.50. The minimum atomic E-state index is -4.88. The van der Waals surface area contributed by atoms with E-state index in [9.17, 15) is 35.9 Å². The molecule has 0 aliphatic carbocycles. The molecular formula is C17H16F6N2O3. The largest absolute Gasteiger partial charge is 0.465 e. The summed E-state index contributed by atoms with van der Waals surface area (Å²) in [5, 5.41) is 2.60. The molecule has 0 spiro atoms. The normalized spacial score (nSPS) is 13.0. The van der Waals surface area contributed by atoms with Gasteiger partial charge in [-0.15, -0.1) is 0 Å². The van der Waals surface area contributed by atoms with Gasteiger partial charge >= 0.3 is 18.3 Å². The summed E-state index contributed by atoms with van der Waals surface area (Å²) in [5.74, 6) is -0.917. The van der Waals surface area contributed by atoms with Crippen LogP contribution in [0.1, 0.15) is 32.0 Å². The summed E-state index contributed by atoms with van der Waals surface area (Å²) in [6.07, 6.45) is -9.71. The molecule has 1 heterocycles. The minimum absolute atomic E-state index is 0.0307. The molecule has 5 nitrogen and oxygen atoms in total. The van der Waals surface area contributed by atoms with Gasteiger partial charge in [0.1, 0.15) is 12.0 Å². The van der Waals surface area contributed by atoms with Crippen molar-refractivity contribution in [2.75, 3.05) is 6.61 Å². The summed E-state index contributed by atoms with van der Waals surface area (Å²) >= 11 is 0. The number of rotatable bonds is 4. The molecule has 0 saturated heterocycles. The van der Waals surface area contributed by atoms with E-state index in [0.717, 1.165) is 19.9 Å². The number of carbonyl (C=O) groups is 1. The van der Waals surface area contributed by atoms with E-state index >= 15 is 0 Å². The lowest BCUT2D eigenvalue weighted by Crippen LogP contribution is -2.40. The van der Waals surface area contributed by atoms with Crippen molar-refractivity contribution < 1.29 is 35.9 Å². The van der Waals surface area contributed by atoms with E-state index in [2.05, 4.69) is 9.84 Å². The van der Waals surface area contributed by atoms with Gasteiger partial charge < -0.3 is 4.74 Å². The lowest BCUT2D eigenvalue weighted by molar-refractivity contribution is -0.181. The van der Waals surface area contributed by atoms with Gasteiger partial charge in [-0.25, -0.2) is 4.68 Å². The topological polar surface area (TPSA) is 61.2 Å². The Morgan fingerprint density at radius 3 is 2.21 bits per heavy atom. The van der Waals surface area contributed by atoms with E-state index in [0.29, 0.717) is 16.8 Å². The Morgan fingerprint density at radius 2 is 1.71 bits per heavy atom. The number of carbonyl (C=O) groups excluding carboxylic acids is 1. The number of aromatic nitrogens is 2. The average Bonchev–Trinajstić information content (AvgIpc) is 2.55. The summed E-state index contributed by atoms with van der Waals surface area (Å²) < 4.78 is 84.9. The number of nitrogens with zero attached hydrogens (tertiary/aromatic N) is 2. The second-order valence-corrected chi connectivity index (χ2v) is 6.50. The van der Waals surface area contributed by atoms with Crippen molar-refractivity contribution in [3.63, 3.8) is 0 Å². The Kier molecular flexibility index (Phi) is 5.50. The summed E-state index contributed by atoms with van der Waals surface area (Å²) in [4.78, 5) is 24.1. The van der Waals surface area contributed by atoms with E-state index in [1.807, 2.05) is 0 Å². The molecule has 0 aliphatic rings. The highest BCUT2D eigenvalue weighted by Crippen LogP contribution is 2.42. The molecule has 2 rings (SSSR count). The van der Waals surface area contributed by atoms with Gasteiger partial charge in [-0.1, -0.05) is 0 Å². The molecule has 0 bridgehead atoms. The van der Waals surface area contributed by atoms with Crippen molar-refractivity contribution in [1.29, 1.82) is 0 Å². The third-order valence-electron chi connectivity index (χ3n) is 4.17. The van der Waals surface area contributed by atoms with E-state index in [1.165, 1.54) is 6.92 Å². The van der Waals surface area contributed by atoms with Crippen LogP contribution < -0.4 is 5.56 Å². The third-order valence-corrected chi connectivity index (χ3v) is 4.17. The highest BCUT2D eigenvalue weighted by Gasteiger charge is 2.51. The van der Waals surface area contributed by atoms with Crippen LogP contribution in [0.15, 0.2) is 23.0 Å². The second kappa shape index (κ2) is 7.10. The number of halogens is 6. The van der Waals surface area contributed by atoms with Gasteiger partial charge in [0.15, 0.2) is 0 Å². The Hall–Kier alpha value is -2.59. The van der Waals surface area contributed by atoms with Crippen molar-refractivity contribution in [3.8, 4) is 0 Å². The Bertz CT molecular complexity index is 960. The van der Waals surface area contributed by atoms with Crippen molar-refractivity contribution in [2.45, 2.75) is 45.1 Å². The summed E-state index contributed by atoms with van der Waals surface area (Å²) in [7, 11) is 0. The fraction of sp³-hybridized carbons (Fsp3) is 0.471. The molecule has 1 aromatic carbocycles. The lowest BCUT2D eigenvalue weighted by Gasteiger charge is -2.28. The highest BCUT2D eigenvalue weighted by molar-refractivity contribution is 5.85. The van der Waals surface area contributed by atoms with E-state index in [1.54, 1.807) is 0 Å². The molecule has 11 heteroatoms. The van der Waals surface area contributed by atoms with Crippen LogP contribution >= 0.6 is 0 Å². The van der Waals surface area contributed by atoms with Crippen LogP contribution in [-0.2, 0) is 27.7 Å². The molecule has 28 heavy (non-hydrogen) atoms. The van der Waals surface area contributed by atoms with Crippen LogP contribution in [0.3, 0.4) is 0 Å². The van der Waals surface area contributed by atoms with Gasteiger partial charge in [0.05, 0.1) is 23.3 Å². The number of ether oxygens (including phenoxy) is 1. The van der Waals surface area contributed by atoms with Gasteiger partial charge in [-0.05, 0) is 39.0 Å². The predicted molar refractivity (Wildman–Crippen MR) is 86.7 cm³/mol. The maximum absolute atomic E-state index is 13.6. The van der Waals surface area contributed by atoms with Crippen molar-refractivity contribution in [1.82, 2.24) is 9.78 Å². The van der Waals surface area contributed by atoms with Gasteiger partial charge in [0, 0.05) is 5.39 Å². The maximum atomic E-state index is 13.6. The summed E-state index contributed by atoms with van der Waals surface area (Å²) in [6, 6.07) is 1.82. The van der Waals surface area contributed by atoms with Crippen LogP contribution in [0.2, 0.25) is 0 Å². The van der Waals surface area contributed by atoms with E-state index in [-0.39, 0.29) is 6.61 Å². The molecule has 0 amide bonds. The fourth-order valence-corrected chi connectivity index (χ4v) is 2.49. The maximum Gasteiger partial charge on any atom is 0.416 e. The molecule has 0 saturated carbocycles. The van der Waals surface area contributed by atoms with Crippen molar-refractivity contribution in [2.24, 2.45) is 0 Å². The highest BCUT2D eigenvalue weighted by atomic mass is 19.4. The quantitative estimate of drug-likeness (QED) is 0.568. The number of hydrogen-bond acceptors (Lipinski definition) is 4. The number of alkyl halides is 6. The molecular weight excluding hydrogens is 394 g/mol. The molecule has 0 fully saturated rings. The number of esters is 1. The Balaban J connectivity index is 2.86. The smallest absolute Gasteiger partial charge is 0.416 e. The van der Waals surface area contributed by atoms with E-state index in [4.69, 9.17) is 0 Å². The van der Waals surface area contributed by atoms with Crippen LogP contribution in [0.25, 0.3) is 10.8 Å². The fourth-order valence-electron chi connectivity index (χ4n) is 2.49. The van der Waals surface area contributed by atoms with Crippen LogP contribution in [-0.4, -0.2) is 28.5 Å².